The van der Waals surface area contributed by atoms with Gasteiger partial charge in [0, 0.05) is 10.6 Å². The maximum atomic E-state index is 9.38. The third kappa shape index (κ3) is 2.53. The van der Waals surface area contributed by atoms with E-state index in [1.54, 1.807) is 16.8 Å². The average molecular weight is 285 g/mol. The first-order valence-corrected chi connectivity index (χ1v) is 6.56. The number of nitrogens with zero attached hydrogens (tertiary/aromatic N) is 2. The van der Waals surface area contributed by atoms with Crippen LogP contribution < -0.4 is 0 Å². The van der Waals surface area contributed by atoms with Gasteiger partial charge in [-0.1, -0.05) is 42.6 Å². The fourth-order valence-corrected chi connectivity index (χ4v) is 2.33. The first-order valence-electron chi connectivity index (χ1n) is 5.80. The molecule has 0 aliphatic heterocycles. The van der Waals surface area contributed by atoms with E-state index in [1.807, 2.05) is 12.1 Å². The van der Waals surface area contributed by atoms with Crippen molar-refractivity contribution in [2.24, 2.45) is 0 Å². The zero-order chi connectivity index (χ0) is 13.1. The summed E-state index contributed by atoms with van der Waals surface area (Å²) in [6, 6.07) is 7.30. The minimum Gasteiger partial charge on any atom is -0.391 e. The van der Waals surface area contributed by atoms with Gasteiger partial charge in [-0.3, -0.25) is 0 Å². The predicted octanol–water partition coefficient (Wildman–Crippen LogP) is 3.62. The standard InChI is InChI=1S/C13H14Cl2N2O/c1-2-4-12-11(8-18)13(15)17(16-12)10-6-3-5-9(14)7-10/h3,5-7,18H,2,4,8H2,1H3. The van der Waals surface area contributed by atoms with Crippen molar-refractivity contribution in [1.29, 1.82) is 0 Å². The highest BCUT2D eigenvalue weighted by molar-refractivity contribution is 6.31. The van der Waals surface area contributed by atoms with Crippen LogP contribution in [0.4, 0.5) is 0 Å². The highest BCUT2D eigenvalue weighted by Gasteiger charge is 2.16. The van der Waals surface area contributed by atoms with Crippen molar-refractivity contribution >= 4 is 23.2 Å². The topological polar surface area (TPSA) is 38.0 Å². The van der Waals surface area contributed by atoms with Gasteiger partial charge in [-0.05, 0) is 24.6 Å². The van der Waals surface area contributed by atoms with Crippen LogP contribution in [0.1, 0.15) is 24.6 Å². The van der Waals surface area contributed by atoms with Gasteiger partial charge in [0.05, 0.1) is 18.0 Å². The van der Waals surface area contributed by atoms with Crippen LogP contribution in [0.15, 0.2) is 24.3 Å². The fourth-order valence-electron chi connectivity index (χ4n) is 1.84. The first-order chi connectivity index (χ1) is 8.67. The van der Waals surface area contributed by atoms with Gasteiger partial charge in [-0.2, -0.15) is 5.10 Å². The van der Waals surface area contributed by atoms with Crippen molar-refractivity contribution in [1.82, 2.24) is 9.78 Å². The molecule has 0 amide bonds. The predicted molar refractivity (Wildman–Crippen MR) is 73.5 cm³/mol. The molecule has 0 fully saturated rings. The smallest absolute Gasteiger partial charge is 0.138 e. The van der Waals surface area contributed by atoms with Crippen LogP contribution in [0, 0.1) is 0 Å². The number of aryl methyl sites for hydroxylation is 1. The Kier molecular flexibility index (Phi) is 4.27. The number of aliphatic hydroxyl groups is 1. The summed E-state index contributed by atoms with van der Waals surface area (Å²) in [5, 5.41) is 14.9. The Morgan fingerprint density at radius 1 is 1.33 bits per heavy atom. The summed E-state index contributed by atoms with van der Waals surface area (Å²) >= 11 is 12.2. The Balaban J connectivity index is 2.51. The van der Waals surface area contributed by atoms with Crippen LogP contribution in [0.2, 0.25) is 10.2 Å². The van der Waals surface area contributed by atoms with E-state index in [9.17, 15) is 5.11 Å². The lowest BCUT2D eigenvalue weighted by Crippen LogP contribution is -1.97. The number of hydrogen-bond donors (Lipinski definition) is 1. The number of rotatable bonds is 4. The molecule has 0 saturated carbocycles. The second-order valence-electron chi connectivity index (χ2n) is 4.02. The second-order valence-corrected chi connectivity index (χ2v) is 4.81. The molecule has 0 radical (unpaired) electrons. The van der Waals surface area contributed by atoms with E-state index in [2.05, 4.69) is 12.0 Å². The van der Waals surface area contributed by atoms with E-state index >= 15 is 0 Å². The number of benzene rings is 1. The van der Waals surface area contributed by atoms with Gasteiger partial charge in [-0.25, -0.2) is 4.68 Å². The minimum atomic E-state index is -0.102. The van der Waals surface area contributed by atoms with Gasteiger partial charge in [0.1, 0.15) is 5.15 Å². The molecule has 96 valence electrons. The molecule has 1 heterocycles. The van der Waals surface area contributed by atoms with Gasteiger partial charge >= 0.3 is 0 Å². The van der Waals surface area contributed by atoms with Crippen molar-refractivity contribution in [3.8, 4) is 5.69 Å². The Bertz CT molecular complexity index is 552. The Hall–Kier alpha value is -1.03. The molecular weight excluding hydrogens is 271 g/mol. The normalized spacial score (nSPS) is 10.9. The van der Waals surface area contributed by atoms with Gasteiger partial charge in [0.2, 0.25) is 0 Å². The number of halogens is 2. The summed E-state index contributed by atoms with van der Waals surface area (Å²) in [6.45, 7) is 1.96. The molecule has 0 unspecified atom stereocenters. The zero-order valence-electron chi connectivity index (χ0n) is 10.0. The molecule has 0 atom stereocenters. The molecule has 1 N–H and O–H groups in total. The van der Waals surface area contributed by atoms with Crippen LogP contribution >= 0.6 is 23.2 Å². The molecule has 0 spiro atoms. The van der Waals surface area contributed by atoms with Crippen molar-refractivity contribution in [3.63, 3.8) is 0 Å². The molecule has 1 aromatic carbocycles. The van der Waals surface area contributed by atoms with Crippen LogP contribution in [-0.2, 0) is 13.0 Å². The summed E-state index contributed by atoms with van der Waals surface area (Å²) in [4.78, 5) is 0. The fraction of sp³-hybridized carbons (Fsp3) is 0.308. The Labute approximate surface area is 116 Å². The van der Waals surface area contributed by atoms with E-state index in [0.717, 1.165) is 24.2 Å². The Morgan fingerprint density at radius 2 is 2.11 bits per heavy atom. The van der Waals surface area contributed by atoms with Crippen LogP contribution in [0.3, 0.4) is 0 Å². The van der Waals surface area contributed by atoms with Crippen molar-refractivity contribution in [2.45, 2.75) is 26.4 Å². The molecule has 0 saturated heterocycles. The van der Waals surface area contributed by atoms with Crippen LogP contribution in [-0.4, -0.2) is 14.9 Å². The highest BCUT2D eigenvalue weighted by atomic mass is 35.5. The third-order valence-corrected chi connectivity index (χ3v) is 3.33. The Morgan fingerprint density at radius 3 is 2.72 bits per heavy atom. The molecule has 18 heavy (non-hydrogen) atoms. The molecule has 0 aliphatic carbocycles. The lowest BCUT2D eigenvalue weighted by molar-refractivity contribution is 0.280. The number of hydrogen-bond acceptors (Lipinski definition) is 2. The molecule has 3 nitrogen and oxygen atoms in total. The molecule has 0 bridgehead atoms. The van der Waals surface area contributed by atoms with Crippen molar-refractivity contribution in [2.75, 3.05) is 0 Å². The van der Waals surface area contributed by atoms with E-state index < -0.39 is 0 Å². The second kappa shape index (κ2) is 5.74. The summed E-state index contributed by atoms with van der Waals surface area (Å²) in [5.41, 5.74) is 2.33. The summed E-state index contributed by atoms with van der Waals surface area (Å²) in [7, 11) is 0. The van der Waals surface area contributed by atoms with Crippen LogP contribution in [0.5, 0.6) is 0 Å². The lowest BCUT2D eigenvalue weighted by Gasteiger charge is -2.03. The van der Waals surface area contributed by atoms with E-state index in [-0.39, 0.29) is 6.61 Å². The van der Waals surface area contributed by atoms with Gasteiger partial charge in [0.25, 0.3) is 0 Å². The molecular formula is C13H14Cl2N2O. The summed E-state index contributed by atoms with van der Waals surface area (Å²) < 4.78 is 1.62. The molecule has 1 aromatic heterocycles. The quantitative estimate of drug-likeness (QED) is 0.931. The summed E-state index contributed by atoms with van der Waals surface area (Å²) in [6.07, 6.45) is 1.75. The van der Waals surface area contributed by atoms with Gasteiger partial charge < -0.3 is 5.11 Å². The van der Waals surface area contributed by atoms with E-state index in [0.29, 0.717) is 15.7 Å². The third-order valence-electron chi connectivity index (χ3n) is 2.70. The molecule has 2 rings (SSSR count). The number of aliphatic hydroxyl groups excluding tert-OH is 1. The average Bonchev–Trinajstić information content (AvgIpc) is 2.66. The summed E-state index contributed by atoms with van der Waals surface area (Å²) in [5.74, 6) is 0. The maximum Gasteiger partial charge on any atom is 0.138 e. The minimum absolute atomic E-state index is 0.102. The number of aromatic nitrogens is 2. The molecule has 0 aliphatic rings. The van der Waals surface area contributed by atoms with Crippen molar-refractivity contribution < 1.29 is 5.11 Å². The first kappa shape index (κ1) is 13.4. The van der Waals surface area contributed by atoms with Gasteiger partial charge in [0.15, 0.2) is 0 Å². The van der Waals surface area contributed by atoms with Gasteiger partial charge in [-0.15, -0.1) is 0 Å². The largest absolute Gasteiger partial charge is 0.391 e. The molecule has 2 aromatic rings. The van der Waals surface area contributed by atoms with E-state index in [4.69, 9.17) is 23.2 Å². The van der Waals surface area contributed by atoms with Crippen molar-refractivity contribution in [3.05, 3.63) is 45.7 Å². The SMILES string of the molecule is CCCc1nn(-c2cccc(Cl)c2)c(Cl)c1CO. The van der Waals surface area contributed by atoms with E-state index in [1.165, 1.54) is 0 Å². The highest BCUT2D eigenvalue weighted by Crippen LogP contribution is 2.25. The monoisotopic (exact) mass is 284 g/mol. The van der Waals surface area contributed by atoms with Crippen LogP contribution in [0.25, 0.3) is 5.69 Å². The molecule has 5 heteroatoms. The maximum absolute atomic E-state index is 9.38. The zero-order valence-corrected chi connectivity index (χ0v) is 11.5. The lowest BCUT2D eigenvalue weighted by atomic mass is 10.2.